The Balaban J connectivity index is 1.35. The van der Waals surface area contributed by atoms with Crippen LogP contribution in [0.25, 0.3) is 11.3 Å². The fourth-order valence-corrected chi connectivity index (χ4v) is 3.88. The fraction of sp³-hybridized carbons (Fsp3) is 0.263. The van der Waals surface area contributed by atoms with Gasteiger partial charge in [0.25, 0.3) is 0 Å². The smallest absolute Gasteiger partial charge is 0.230 e. The van der Waals surface area contributed by atoms with Crippen molar-refractivity contribution in [2.75, 3.05) is 36.5 Å². The summed E-state index contributed by atoms with van der Waals surface area (Å²) in [6, 6.07) is 7.73. The summed E-state index contributed by atoms with van der Waals surface area (Å²) in [5.41, 5.74) is 1.60. The first-order valence-corrected chi connectivity index (χ1v) is 9.53. The van der Waals surface area contributed by atoms with Gasteiger partial charge in [0, 0.05) is 42.1 Å². The molecule has 4 heterocycles. The topological polar surface area (TPSA) is 80.2 Å². The number of nitrogens with one attached hydrogen (secondary N) is 1. The highest BCUT2D eigenvalue weighted by Gasteiger charge is 2.14. The first-order chi connectivity index (χ1) is 13.3. The van der Waals surface area contributed by atoms with Crippen molar-refractivity contribution in [3.63, 3.8) is 0 Å². The highest BCUT2D eigenvalue weighted by Crippen LogP contribution is 2.27. The normalized spacial score (nSPS) is 14.1. The van der Waals surface area contributed by atoms with Crippen LogP contribution in [-0.2, 0) is 16.0 Å². The highest BCUT2D eigenvalue weighted by molar-refractivity contribution is 7.16. The van der Waals surface area contributed by atoms with E-state index in [1.165, 1.54) is 5.00 Å². The number of morpholine rings is 1. The second kappa shape index (κ2) is 8.24. The second-order valence-electron chi connectivity index (χ2n) is 6.09. The van der Waals surface area contributed by atoms with Crippen LogP contribution in [0.15, 0.2) is 49.1 Å². The molecule has 0 radical (unpaired) electrons. The van der Waals surface area contributed by atoms with E-state index in [4.69, 9.17) is 4.74 Å². The number of aromatic nitrogens is 3. The Morgan fingerprint density at radius 1 is 1.11 bits per heavy atom. The number of amides is 1. The number of anilines is 2. The van der Waals surface area contributed by atoms with Crippen LogP contribution in [0.5, 0.6) is 0 Å². The molecule has 1 aliphatic rings. The van der Waals surface area contributed by atoms with Crippen molar-refractivity contribution in [2.24, 2.45) is 0 Å². The average Bonchev–Trinajstić information content (AvgIpc) is 3.18. The van der Waals surface area contributed by atoms with E-state index >= 15 is 0 Å². The summed E-state index contributed by atoms with van der Waals surface area (Å²) < 4.78 is 5.38. The fourth-order valence-electron chi connectivity index (χ4n) is 2.83. The lowest BCUT2D eigenvalue weighted by Crippen LogP contribution is -2.35. The van der Waals surface area contributed by atoms with Gasteiger partial charge < -0.3 is 15.0 Å². The van der Waals surface area contributed by atoms with Crippen LogP contribution in [0.1, 0.15) is 4.88 Å². The van der Waals surface area contributed by atoms with Gasteiger partial charge in [0.15, 0.2) is 0 Å². The predicted molar refractivity (Wildman–Crippen MR) is 105 cm³/mol. The molecule has 27 heavy (non-hydrogen) atoms. The maximum atomic E-state index is 12.3. The molecule has 138 valence electrons. The number of thiophene rings is 1. The zero-order chi connectivity index (χ0) is 18.5. The Labute approximate surface area is 161 Å². The molecule has 0 spiro atoms. The van der Waals surface area contributed by atoms with Crippen LogP contribution in [-0.4, -0.2) is 47.2 Å². The zero-order valence-corrected chi connectivity index (χ0v) is 15.5. The van der Waals surface area contributed by atoms with Gasteiger partial charge in [-0.1, -0.05) is 0 Å². The van der Waals surface area contributed by atoms with Gasteiger partial charge in [0.1, 0.15) is 5.82 Å². The van der Waals surface area contributed by atoms with Gasteiger partial charge in [-0.2, -0.15) is 0 Å². The van der Waals surface area contributed by atoms with Gasteiger partial charge in [-0.3, -0.25) is 14.8 Å². The van der Waals surface area contributed by atoms with Gasteiger partial charge in [0.05, 0.1) is 36.5 Å². The number of carbonyl (C=O) groups excluding carboxylic acids is 1. The minimum Gasteiger partial charge on any atom is -0.378 e. The molecule has 1 amide bonds. The Morgan fingerprint density at radius 3 is 2.74 bits per heavy atom. The van der Waals surface area contributed by atoms with E-state index in [2.05, 4.69) is 31.2 Å². The van der Waals surface area contributed by atoms with Crippen molar-refractivity contribution in [3.8, 4) is 11.3 Å². The number of hydrogen-bond acceptors (Lipinski definition) is 7. The summed E-state index contributed by atoms with van der Waals surface area (Å²) in [4.78, 5) is 28.2. The summed E-state index contributed by atoms with van der Waals surface area (Å²) >= 11 is 1.65. The molecule has 0 atom stereocenters. The minimum absolute atomic E-state index is 0.0786. The van der Waals surface area contributed by atoms with Crippen LogP contribution in [0, 0.1) is 0 Å². The molecule has 0 bridgehead atoms. The van der Waals surface area contributed by atoms with Crippen molar-refractivity contribution in [1.82, 2.24) is 15.0 Å². The number of pyridine rings is 1. The van der Waals surface area contributed by atoms with Crippen LogP contribution in [0.4, 0.5) is 10.8 Å². The average molecular weight is 381 g/mol. The van der Waals surface area contributed by atoms with Crippen molar-refractivity contribution in [3.05, 3.63) is 53.9 Å². The molecular formula is C19H19N5O2S. The Kier molecular flexibility index (Phi) is 5.36. The monoisotopic (exact) mass is 381 g/mol. The van der Waals surface area contributed by atoms with Gasteiger partial charge >= 0.3 is 0 Å². The molecule has 1 fully saturated rings. The molecule has 3 aromatic heterocycles. The van der Waals surface area contributed by atoms with Crippen molar-refractivity contribution in [2.45, 2.75) is 6.42 Å². The van der Waals surface area contributed by atoms with Gasteiger partial charge in [-0.05, 0) is 24.3 Å². The molecule has 1 N–H and O–H groups in total. The largest absolute Gasteiger partial charge is 0.378 e. The van der Waals surface area contributed by atoms with Crippen molar-refractivity contribution in [1.29, 1.82) is 0 Å². The van der Waals surface area contributed by atoms with Crippen LogP contribution < -0.4 is 10.2 Å². The highest BCUT2D eigenvalue weighted by atomic mass is 32.1. The Morgan fingerprint density at radius 2 is 2.00 bits per heavy atom. The number of nitrogens with zero attached hydrogens (tertiary/aromatic N) is 4. The predicted octanol–water partition coefficient (Wildman–Crippen LogP) is 2.62. The molecule has 0 unspecified atom stereocenters. The summed E-state index contributed by atoms with van der Waals surface area (Å²) in [5, 5.41) is 4.03. The van der Waals surface area contributed by atoms with Gasteiger partial charge in [-0.25, -0.2) is 4.98 Å². The van der Waals surface area contributed by atoms with Gasteiger partial charge in [-0.15, -0.1) is 11.3 Å². The molecule has 4 rings (SSSR count). The van der Waals surface area contributed by atoms with E-state index in [9.17, 15) is 4.79 Å². The molecule has 0 aliphatic carbocycles. The third-order valence-corrected chi connectivity index (χ3v) is 5.34. The minimum atomic E-state index is -0.0786. The van der Waals surface area contributed by atoms with Crippen LogP contribution in [0.3, 0.4) is 0 Å². The quantitative estimate of drug-likeness (QED) is 0.732. The summed E-state index contributed by atoms with van der Waals surface area (Å²) in [6.07, 6.45) is 6.96. The molecule has 0 saturated carbocycles. The Bertz CT molecular complexity index is 892. The molecule has 0 aromatic carbocycles. The Hall–Kier alpha value is -2.84. The standard InChI is InChI=1S/C19H19N5O2S/c25-18(11-15-2-4-19(27-15)24-7-9-26-10-8-24)23-17-3-1-14(12-22-17)16-13-20-5-6-21-16/h1-6,12-13H,7-11H2,(H,22,23,25). The summed E-state index contributed by atoms with van der Waals surface area (Å²) in [5.74, 6) is 0.447. The first-order valence-electron chi connectivity index (χ1n) is 8.71. The number of rotatable bonds is 5. The SMILES string of the molecule is O=C(Cc1ccc(N2CCOCC2)s1)Nc1ccc(-c2cnccn2)cn1. The van der Waals surface area contributed by atoms with E-state index in [0.29, 0.717) is 12.2 Å². The molecule has 3 aromatic rings. The lowest BCUT2D eigenvalue weighted by atomic mass is 10.2. The van der Waals surface area contributed by atoms with Crippen LogP contribution >= 0.6 is 11.3 Å². The third-order valence-electron chi connectivity index (χ3n) is 4.19. The third kappa shape index (κ3) is 4.47. The maximum Gasteiger partial charge on any atom is 0.230 e. The van der Waals surface area contributed by atoms with Crippen molar-refractivity contribution >= 4 is 28.1 Å². The van der Waals surface area contributed by atoms with E-state index in [-0.39, 0.29) is 5.91 Å². The number of hydrogen-bond donors (Lipinski definition) is 1. The number of ether oxygens (including phenoxy) is 1. The first kappa shape index (κ1) is 17.6. The lowest BCUT2D eigenvalue weighted by molar-refractivity contribution is -0.115. The van der Waals surface area contributed by atoms with Gasteiger partial charge in [0.2, 0.25) is 5.91 Å². The van der Waals surface area contributed by atoms with E-state index in [0.717, 1.165) is 42.4 Å². The van der Waals surface area contributed by atoms with E-state index in [1.54, 1.807) is 42.2 Å². The molecule has 8 heteroatoms. The van der Waals surface area contributed by atoms with Crippen molar-refractivity contribution < 1.29 is 9.53 Å². The lowest BCUT2D eigenvalue weighted by Gasteiger charge is -2.27. The molecule has 7 nitrogen and oxygen atoms in total. The molecule has 1 aliphatic heterocycles. The maximum absolute atomic E-state index is 12.3. The zero-order valence-electron chi connectivity index (χ0n) is 14.7. The second-order valence-corrected chi connectivity index (χ2v) is 7.23. The molecular weight excluding hydrogens is 362 g/mol. The van der Waals surface area contributed by atoms with Crippen LogP contribution in [0.2, 0.25) is 0 Å². The van der Waals surface area contributed by atoms with E-state index < -0.39 is 0 Å². The van der Waals surface area contributed by atoms with E-state index in [1.807, 2.05) is 12.1 Å². The summed E-state index contributed by atoms with van der Waals surface area (Å²) in [6.45, 7) is 3.30. The molecule has 1 saturated heterocycles. The summed E-state index contributed by atoms with van der Waals surface area (Å²) in [7, 11) is 0. The number of carbonyl (C=O) groups is 1.